The number of amides is 1. The first-order valence-electron chi connectivity index (χ1n) is 5.51. The van der Waals surface area contributed by atoms with E-state index in [0.29, 0.717) is 17.1 Å². The lowest BCUT2D eigenvalue weighted by Gasteiger charge is -2.08. The Balaban J connectivity index is 1.75. The van der Waals surface area contributed by atoms with Crippen LogP contribution in [-0.2, 0) is 4.79 Å². The highest BCUT2D eigenvalue weighted by Gasteiger charge is 2.04. The summed E-state index contributed by atoms with van der Waals surface area (Å²) in [6, 6.07) is 7.18. The molecule has 1 aromatic carbocycles. The van der Waals surface area contributed by atoms with Crippen molar-refractivity contribution in [2.75, 3.05) is 17.7 Å². The molecule has 4 N–H and O–H groups in total. The van der Waals surface area contributed by atoms with Gasteiger partial charge in [-0.1, -0.05) is 12.1 Å². The first-order valence-corrected chi connectivity index (χ1v) is 5.51. The van der Waals surface area contributed by atoms with Crippen molar-refractivity contribution >= 4 is 17.3 Å². The van der Waals surface area contributed by atoms with Crippen LogP contribution in [0.1, 0.15) is 6.42 Å². The van der Waals surface area contributed by atoms with E-state index in [1.54, 1.807) is 18.3 Å². The van der Waals surface area contributed by atoms with Crippen LogP contribution in [0.25, 0.3) is 0 Å². The summed E-state index contributed by atoms with van der Waals surface area (Å²) >= 11 is 0. The van der Waals surface area contributed by atoms with E-state index in [4.69, 9.17) is 10.5 Å². The first-order chi connectivity index (χ1) is 8.75. The number of rotatable bonds is 5. The van der Waals surface area contributed by atoms with E-state index in [-0.39, 0.29) is 18.9 Å². The van der Waals surface area contributed by atoms with Crippen molar-refractivity contribution in [2.45, 2.75) is 6.42 Å². The second-order valence-corrected chi connectivity index (χ2v) is 3.67. The van der Waals surface area contributed by atoms with E-state index in [2.05, 4.69) is 15.5 Å². The first kappa shape index (κ1) is 12.0. The van der Waals surface area contributed by atoms with Gasteiger partial charge in [0.2, 0.25) is 5.91 Å². The maximum absolute atomic E-state index is 11.5. The van der Waals surface area contributed by atoms with Gasteiger partial charge < -0.3 is 15.8 Å². The van der Waals surface area contributed by atoms with Gasteiger partial charge in [-0.05, 0) is 12.1 Å². The maximum atomic E-state index is 11.5. The normalized spacial score (nSPS) is 10.0. The molecule has 0 unspecified atom stereocenters. The number of carbonyl (C=O) groups is 1. The molecule has 1 aromatic heterocycles. The van der Waals surface area contributed by atoms with Crippen molar-refractivity contribution in [2.24, 2.45) is 0 Å². The predicted octanol–water partition coefficient (Wildman–Crippen LogP) is 1.40. The number of nitrogens with one attached hydrogen (secondary N) is 2. The fourth-order valence-electron chi connectivity index (χ4n) is 1.41. The van der Waals surface area contributed by atoms with E-state index in [1.807, 2.05) is 12.1 Å². The van der Waals surface area contributed by atoms with E-state index in [9.17, 15) is 4.79 Å². The van der Waals surface area contributed by atoms with Gasteiger partial charge in [0.25, 0.3) is 0 Å². The molecule has 18 heavy (non-hydrogen) atoms. The van der Waals surface area contributed by atoms with Crippen LogP contribution in [0, 0.1) is 0 Å². The molecule has 0 saturated heterocycles. The summed E-state index contributed by atoms with van der Waals surface area (Å²) in [6.45, 7) is 0.276. The Morgan fingerprint density at radius 3 is 3.00 bits per heavy atom. The number of carbonyl (C=O) groups excluding carboxylic acids is 1. The molecule has 0 radical (unpaired) electrons. The standard InChI is InChI=1S/C12H14N4O2/c13-10-3-1-2-4-11(10)18-6-5-12(17)16-9-7-14-15-8-9/h1-4,7-8H,5-6,13H2,(H,14,15)(H,16,17). The number of para-hydroxylation sites is 2. The Morgan fingerprint density at radius 2 is 2.28 bits per heavy atom. The number of benzene rings is 1. The van der Waals surface area contributed by atoms with Crippen LogP contribution < -0.4 is 15.8 Å². The Hall–Kier alpha value is -2.50. The molecule has 2 aromatic rings. The van der Waals surface area contributed by atoms with Gasteiger partial charge in [-0.15, -0.1) is 0 Å². The summed E-state index contributed by atoms with van der Waals surface area (Å²) in [5.41, 5.74) is 6.91. The third kappa shape index (κ3) is 3.24. The Labute approximate surface area is 104 Å². The van der Waals surface area contributed by atoms with Gasteiger partial charge in [-0.3, -0.25) is 9.89 Å². The summed E-state index contributed by atoms with van der Waals surface area (Å²) in [4.78, 5) is 11.5. The zero-order valence-corrected chi connectivity index (χ0v) is 9.72. The minimum Gasteiger partial charge on any atom is -0.491 e. The zero-order valence-electron chi connectivity index (χ0n) is 9.72. The molecule has 0 fully saturated rings. The third-order valence-electron chi connectivity index (χ3n) is 2.29. The van der Waals surface area contributed by atoms with E-state index in [1.165, 1.54) is 6.20 Å². The van der Waals surface area contributed by atoms with E-state index >= 15 is 0 Å². The molecule has 6 nitrogen and oxygen atoms in total. The minimum absolute atomic E-state index is 0.133. The van der Waals surface area contributed by atoms with Gasteiger partial charge in [0.15, 0.2) is 0 Å². The Bertz CT molecular complexity index is 511. The summed E-state index contributed by atoms with van der Waals surface area (Å²) in [5, 5.41) is 9.02. The molecule has 1 amide bonds. The quantitative estimate of drug-likeness (QED) is 0.695. The summed E-state index contributed by atoms with van der Waals surface area (Å²) < 4.78 is 5.42. The van der Waals surface area contributed by atoms with Crippen LogP contribution in [0.5, 0.6) is 5.75 Å². The van der Waals surface area contributed by atoms with Crippen molar-refractivity contribution in [3.63, 3.8) is 0 Å². The second-order valence-electron chi connectivity index (χ2n) is 3.67. The van der Waals surface area contributed by atoms with Crippen LogP contribution in [0.3, 0.4) is 0 Å². The number of nitrogens with two attached hydrogens (primary N) is 1. The largest absolute Gasteiger partial charge is 0.491 e. The highest BCUT2D eigenvalue weighted by Crippen LogP contribution is 2.19. The fraction of sp³-hybridized carbons (Fsp3) is 0.167. The van der Waals surface area contributed by atoms with Crippen molar-refractivity contribution in [1.82, 2.24) is 10.2 Å². The summed E-state index contributed by atoms with van der Waals surface area (Å²) in [7, 11) is 0. The number of nitrogen functional groups attached to an aromatic ring is 1. The third-order valence-corrected chi connectivity index (χ3v) is 2.29. The Morgan fingerprint density at radius 1 is 1.44 bits per heavy atom. The topological polar surface area (TPSA) is 93.0 Å². The average molecular weight is 246 g/mol. The number of anilines is 2. The lowest BCUT2D eigenvalue weighted by atomic mass is 10.3. The van der Waals surface area contributed by atoms with Crippen LogP contribution >= 0.6 is 0 Å². The van der Waals surface area contributed by atoms with Gasteiger partial charge in [0.05, 0.1) is 30.6 Å². The van der Waals surface area contributed by atoms with Crippen LogP contribution in [0.2, 0.25) is 0 Å². The Kier molecular flexibility index (Phi) is 3.80. The molecule has 0 spiro atoms. The molecular formula is C12H14N4O2. The summed E-state index contributed by atoms with van der Waals surface area (Å²) in [5.74, 6) is 0.458. The van der Waals surface area contributed by atoms with Crippen molar-refractivity contribution in [3.8, 4) is 5.75 Å². The monoisotopic (exact) mass is 246 g/mol. The molecule has 0 aliphatic rings. The van der Waals surface area contributed by atoms with Crippen molar-refractivity contribution in [3.05, 3.63) is 36.7 Å². The maximum Gasteiger partial charge on any atom is 0.227 e. The lowest BCUT2D eigenvalue weighted by molar-refractivity contribution is -0.116. The van der Waals surface area contributed by atoms with E-state index < -0.39 is 0 Å². The number of hydrogen-bond donors (Lipinski definition) is 3. The van der Waals surface area contributed by atoms with E-state index in [0.717, 1.165) is 0 Å². The van der Waals surface area contributed by atoms with Gasteiger partial charge in [0.1, 0.15) is 5.75 Å². The van der Waals surface area contributed by atoms with Gasteiger partial charge in [-0.2, -0.15) is 5.10 Å². The highest BCUT2D eigenvalue weighted by atomic mass is 16.5. The molecule has 2 rings (SSSR count). The predicted molar refractivity (Wildman–Crippen MR) is 68.2 cm³/mol. The minimum atomic E-state index is -0.133. The summed E-state index contributed by atoms with van der Waals surface area (Å²) in [6.07, 6.45) is 3.39. The molecule has 1 heterocycles. The fourth-order valence-corrected chi connectivity index (χ4v) is 1.41. The number of H-pyrrole nitrogens is 1. The molecule has 94 valence electrons. The van der Waals surface area contributed by atoms with Crippen LogP contribution in [0.15, 0.2) is 36.7 Å². The van der Waals surface area contributed by atoms with Gasteiger partial charge in [-0.25, -0.2) is 0 Å². The molecule has 0 saturated carbocycles. The number of hydrogen-bond acceptors (Lipinski definition) is 4. The second kappa shape index (κ2) is 5.72. The van der Waals surface area contributed by atoms with Crippen molar-refractivity contribution in [1.29, 1.82) is 0 Å². The molecule has 0 aliphatic heterocycles. The molecule has 6 heteroatoms. The molecule has 0 atom stereocenters. The smallest absolute Gasteiger partial charge is 0.227 e. The number of aromatic nitrogens is 2. The molecular weight excluding hydrogens is 232 g/mol. The SMILES string of the molecule is Nc1ccccc1OCCC(=O)Nc1cn[nH]c1. The highest BCUT2D eigenvalue weighted by molar-refractivity contribution is 5.90. The number of nitrogens with zero attached hydrogens (tertiary/aromatic N) is 1. The van der Waals surface area contributed by atoms with Crippen molar-refractivity contribution < 1.29 is 9.53 Å². The van der Waals surface area contributed by atoms with Gasteiger partial charge in [0, 0.05) is 6.20 Å². The van der Waals surface area contributed by atoms with Crippen LogP contribution in [0.4, 0.5) is 11.4 Å². The molecule has 0 bridgehead atoms. The zero-order chi connectivity index (χ0) is 12.8. The average Bonchev–Trinajstić information content (AvgIpc) is 2.84. The van der Waals surface area contributed by atoms with Crippen LogP contribution in [-0.4, -0.2) is 22.7 Å². The van der Waals surface area contributed by atoms with Gasteiger partial charge >= 0.3 is 0 Å². The number of aromatic amines is 1. The number of ether oxygens (including phenoxy) is 1. The molecule has 0 aliphatic carbocycles. The lowest BCUT2D eigenvalue weighted by Crippen LogP contribution is -2.15.